The van der Waals surface area contributed by atoms with Gasteiger partial charge < -0.3 is 5.73 Å². The molecule has 0 radical (unpaired) electrons. The van der Waals surface area contributed by atoms with E-state index in [-0.39, 0.29) is 0 Å². The molecule has 66 valence electrons. The Labute approximate surface area is 75.7 Å². The third kappa shape index (κ3) is 1.11. The predicted molar refractivity (Wildman–Crippen MR) is 46.1 cm³/mol. The predicted octanol–water partition coefficient (Wildman–Crippen LogP) is 0.768. The minimum atomic E-state index is 0.302. The highest BCUT2D eigenvalue weighted by Crippen LogP contribution is 2.25. The maximum Gasteiger partial charge on any atom is 0.225 e. The zero-order valence-electron chi connectivity index (χ0n) is 6.70. The van der Waals surface area contributed by atoms with Gasteiger partial charge in [0, 0.05) is 19.0 Å². The van der Waals surface area contributed by atoms with E-state index in [1.807, 2.05) is 4.57 Å². The molecule has 0 saturated carbocycles. The number of aryl methyl sites for hydroxylation is 1. The molecule has 2 rings (SSSR count). The zero-order chi connectivity index (χ0) is 8.55. The number of hydrogen-bond donors (Lipinski definition) is 1. The third-order valence-corrected chi connectivity index (χ3v) is 2.56. The number of halogens is 1. The van der Waals surface area contributed by atoms with Gasteiger partial charge in [-0.25, -0.2) is 0 Å². The molecule has 5 heteroatoms. The lowest BCUT2D eigenvalue weighted by Gasteiger charge is -2.23. The van der Waals surface area contributed by atoms with Crippen molar-refractivity contribution >= 4 is 11.6 Å². The topological polar surface area (TPSA) is 56.7 Å². The van der Waals surface area contributed by atoms with Gasteiger partial charge in [0.25, 0.3) is 0 Å². The van der Waals surface area contributed by atoms with Gasteiger partial charge in [0.05, 0.1) is 0 Å². The van der Waals surface area contributed by atoms with Crippen molar-refractivity contribution in [3.05, 3.63) is 11.1 Å². The maximum atomic E-state index is 5.87. The zero-order valence-corrected chi connectivity index (χ0v) is 7.46. The van der Waals surface area contributed by atoms with Gasteiger partial charge in [0.1, 0.15) is 5.82 Å². The van der Waals surface area contributed by atoms with Crippen molar-refractivity contribution in [2.24, 2.45) is 5.73 Å². The van der Waals surface area contributed by atoms with Crippen molar-refractivity contribution in [2.45, 2.75) is 25.3 Å². The second kappa shape index (κ2) is 3.03. The fourth-order valence-corrected chi connectivity index (χ4v) is 1.96. The van der Waals surface area contributed by atoms with E-state index >= 15 is 0 Å². The first-order valence-electron chi connectivity index (χ1n) is 4.12. The molecular formula is C7H11ClN4. The van der Waals surface area contributed by atoms with Gasteiger partial charge in [-0.05, 0) is 24.4 Å². The average molecular weight is 187 g/mol. The quantitative estimate of drug-likeness (QED) is 0.705. The van der Waals surface area contributed by atoms with E-state index in [0.717, 1.165) is 25.1 Å². The highest BCUT2D eigenvalue weighted by Gasteiger charge is 2.22. The van der Waals surface area contributed by atoms with Gasteiger partial charge >= 0.3 is 0 Å². The van der Waals surface area contributed by atoms with Crippen LogP contribution in [0, 0.1) is 0 Å². The van der Waals surface area contributed by atoms with Gasteiger partial charge in [-0.15, -0.1) is 10.2 Å². The molecule has 1 aliphatic rings. The lowest BCUT2D eigenvalue weighted by Crippen LogP contribution is -2.24. The second-order valence-electron chi connectivity index (χ2n) is 3.04. The number of rotatable bonds is 1. The van der Waals surface area contributed by atoms with E-state index < -0.39 is 0 Å². The Kier molecular flexibility index (Phi) is 2.02. The van der Waals surface area contributed by atoms with Crippen LogP contribution in [0.3, 0.4) is 0 Å². The van der Waals surface area contributed by atoms with Crippen LogP contribution in [0.15, 0.2) is 0 Å². The van der Waals surface area contributed by atoms with Gasteiger partial charge in [-0.2, -0.15) is 0 Å². The molecule has 1 aromatic rings. The minimum Gasteiger partial charge on any atom is -0.328 e. The van der Waals surface area contributed by atoms with Crippen molar-refractivity contribution in [2.75, 3.05) is 6.54 Å². The van der Waals surface area contributed by atoms with Crippen LogP contribution < -0.4 is 5.73 Å². The first kappa shape index (κ1) is 8.01. The monoisotopic (exact) mass is 186 g/mol. The molecule has 1 aromatic heterocycles. The van der Waals surface area contributed by atoms with E-state index in [0.29, 0.717) is 17.9 Å². The maximum absolute atomic E-state index is 5.87. The smallest absolute Gasteiger partial charge is 0.225 e. The largest absolute Gasteiger partial charge is 0.328 e. The van der Waals surface area contributed by atoms with E-state index in [2.05, 4.69) is 10.2 Å². The molecule has 1 aliphatic heterocycles. The Morgan fingerprint density at radius 2 is 2.42 bits per heavy atom. The molecular weight excluding hydrogens is 176 g/mol. The third-order valence-electron chi connectivity index (χ3n) is 2.30. The van der Waals surface area contributed by atoms with Crippen molar-refractivity contribution in [1.29, 1.82) is 0 Å². The van der Waals surface area contributed by atoms with E-state index in [1.165, 1.54) is 0 Å². The first-order valence-corrected chi connectivity index (χ1v) is 4.50. The molecule has 1 unspecified atom stereocenters. The average Bonchev–Trinajstić information content (AvgIpc) is 2.48. The Morgan fingerprint density at radius 1 is 1.58 bits per heavy atom. The summed E-state index contributed by atoms with van der Waals surface area (Å²) in [5.74, 6) is 0.974. The fraction of sp³-hybridized carbons (Fsp3) is 0.714. The van der Waals surface area contributed by atoms with Crippen LogP contribution in [0.5, 0.6) is 0 Å². The molecule has 0 spiro atoms. The van der Waals surface area contributed by atoms with Crippen molar-refractivity contribution in [3.8, 4) is 0 Å². The van der Waals surface area contributed by atoms with Crippen LogP contribution in [0.4, 0.5) is 0 Å². The summed E-state index contributed by atoms with van der Waals surface area (Å²) in [7, 11) is 0. The first-order chi connectivity index (χ1) is 5.83. The molecule has 0 aromatic carbocycles. The normalized spacial score (nSPS) is 22.3. The Morgan fingerprint density at radius 3 is 3.17 bits per heavy atom. The molecule has 0 fully saturated rings. The molecule has 0 saturated heterocycles. The molecule has 12 heavy (non-hydrogen) atoms. The molecule has 0 amide bonds. The summed E-state index contributed by atoms with van der Waals surface area (Å²) in [4.78, 5) is 0. The lowest BCUT2D eigenvalue weighted by molar-refractivity contribution is 0.405. The van der Waals surface area contributed by atoms with Crippen molar-refractivity contribution < 1.29 is 0 Å². The fourth-order valence-electron chi connectivity index (χ4n) is 1.68. The summed E-state index contributed by atoms with van der Waals surface area (Å²) in [5, 5.41) is 8.27. The van der Waals surface area contributed by atoms with Gasteiger partial charge in [-0.1, -0.05) is 0 Å². The second-order valence-corrected chi connectivity index (χ2v) is 3.38. The van der Waals surface area contributed by atoms with Gasteiger partial charge in [0.15, 0.2) is 0 Å². The highest BCUT2D eigenvalue weighted by molar-refractivity contribution is 6.28. The van der Waals surface area contributed by atoms with Crippen LogP contribution in [0.1, 0.15) is 24.7 Å². The molecule has 1 atom stereocenters. The summed E-state index contributed by atoms with van der Waals surface area (Å²) >= 11 is 5.87. The number of nitrogens with zero attached hydrogens (tertiary/aromatic N) is 3. The number of fused-ring (bicyclic) bond motifs is 1. The molecule has 2 N–H and O–H groups in total. The van der Waals surface area contributed by atoms with E-state index in [1.54, 1.807) is 0 Å². The van der Waals surface area contributed by atoms with Crippen LogP contribution in [0.2, 0.25) is 5.28 Å². The summed E-state index contributed by atoms with van der Waals surface area (Å²) in [6.45, 7) is 0.616. The number of hydrogen-bond acceptors (Lipinski definition) is 3. The Bertz CT molecular complexity index is 283. The highest BCUT2D eigenvalue weighted by atomic mass is 35.5. The molecule has 4 nitrogen and oxygen atoms in total. The molecule has 0 aliphatic carbocycles. The van der Waals surface area contributed by atoms with Crippen LogP contribution in [0.25, 0.3) is 0 Å². The van der Waals surface area contributed by atoms with Gasteiger partial charge in [-0.3, -0.25) is 4.57 Å². The van der Waals surface area contributed by atoms with Crippen LogP contribution in [-0.4, -0.2) is 21.3 Å². The number of nitrogens with two attached hydrogens (primary N) is 1. The minimum absolute atomic E-state index is 0.302. The summed E-state index contributed by atoms with van der Waals surface area (Å²) in [6.07, 6.45) is 3.19. The van der Waals surface area contributed by atoms with Crippen molar-refractivity contribution in [1.82, 2.24) is 14.8 Å². The van der Waals surface area contributed by atoms with Crippen LogP contribution >= 0.6 is 11.6 Å². The summed E-state index contributed by atoms with van der Waals surface area (Å²) in [6, 6.07) is 0.302. The Balaban J connectivity index is 2.41. The summed E-state index contributed by atoms with van der Waals surface area (Å²) in [5.41, 5.74) is 5.61. The number of aromatic nitrogens is 3. The summed E-state index contributed by atoms with van der Waals surface area (Å²) < 4.78 is 1.95. The lowest BCUT2D eigenvalue weighted by atomic mass is 10.1. The van der Waals surface area contributed by atoms with Gasteiger partial charge in [0.2, 0.25) is 5.28 Å². The molecule has 0 bridgehead atoms. The van der Waals surface area contributed by atoms with E-state index in [9.17, 15) is 0 Å². The van der Waals surface area contributed by atoms with Crippen LogP contribution in [-0.2, 0) is 6.42 Å². The Hall–Kier alpha value is -0.610. The van der Waals surface area contributed by atoms with Crippen molar-refractivity contribution in [3.63, 3.8) is 0 Å². The SMILES string of the molecule is NCC1CCCc2nnc(Cl)n21. The molecule has 2 heterocycles. The standard InChI is InChI=1S/C7H11ClN4/c8-7-11-10-6-3-1-2-5(4-9)12(6)7/h5H,1-4,9H2. The van der Waals surface area contributed by atoms with E-state index in [4.69, 9.17) is 17.3 Å².